The van der Waals surface area contributed by atoms with Crippen LogP contribution in [0.15, 0.2) is 30.6 Å². The number of aryl methyl sites for hydroxylation is 1. The van der Waals surface area contributed by atoms with Gasteiger partial charge in [0.2, 0.25) is 0 Å². The molecular weight excluding hydrogens is 255 g/mol. The third kappa shape index (κ3) is 2.54. The summed E-state index contributed by atoms with van der Waals surface area (Å²) >= 11 is 5.93. The second-order valence-corrected chi connectivity index (χ2v) is 4.40. The highest BCUT2D eigenvalue weighted by Gasteiger charge is 2.17. The summed E-state index contributed by atoms with van der Waals surface area (Å²) in [7, 11) is 0. The number of benzene rings is 1. The van der Waals surface area contributed by atoms with Crippen LogP contribution in [0.25, 0.3) is 0 Å². The summed E-state index contributed by atoms with van der Waals surface area (Å²) in [6, 6.07) is 4.49. The normalized spacial score (nSPS) is 12.7. The average molecular weight is 269 g/mol. The van der Waals surface area contributed by atoms with Crippen molar-refractivity contribution in [1.82, 2.24) is 9.55 Å². The smallest absolute Gasteiger partial charge is 0.137 e. The number of hydrogen-bond donors (Lipinski definition) is 1. The molecule has 3 nitrogen and oxygen atoms in total. The molecule has 0 aliphatic rings. The van der Waals surface area contributed by atoms with Crippen molar-refractivity contribution in [3.63, 3.8) is 0 Å². The number of halogens is 2. The van der Waals surface area contributed by atoms with Crippen LogP contribution >= 0.6 is 11.6 Å². The van der Waals surface area contributed by atoms with E-state index >= 15 is 0 Å². The van der Waals surface area contributed by atoms with Crippen molar-refractivity contribution in [3.05, 3.63) is 52.8 Å². The number of aliphatic hydroxyl groups excluding tert-OH is 1. The molecule has 0 saturated heterocycles. The number of imidazole rings is 1. The minimum Gasteiger partial charge on any atom is -0.385 e. The maximum atomic E-state index is 13.6. The first-order valence-corrected chi connectivity index (χ1v) is 6.13. The minimum atomic E-state index is -0.866. The van der Waals surface area contributed by atoms with Crippen molar-refractivity contribution in [1.29, 1.82) is 0 Å². The predicted molar refractivity (Wildman–Crippen MR) is 68.0 cm³/mol. The van der Waals surface area contributed by atoms with Crippen molar-refractivity contribution in [2.75, 3.05) is 0 Å². The standard InChI is InChI=1S/C13H14ClFN2O/c1-2-17-7-6-16-13(17)12(18)8-9-10(14)4-3-5-11(9)15/h3-7,12,18H,2,8H2,1H3. The largest absolute Gasteiger partial charge is 0.385 e. The molecule has 1 unspecified atom stereocenters. The molecule has 0 spiro atoms. The van der Waals surface area contributed by atoms with E-state index in [-0.39, 0.29) is 6.42 Å². The molecule has 2 rings (SSSR count). The van der Waals surface area contributed by atoms with Crippen molar-refractivity contribution in [2.24, 2.45) is 0 Å². The lowest BCUT2D eigenvalue weighted by Crippen LogP contribution is -2.11. The third-order valence-electron chi connectivity index (χ3n) is 2.85. The molecular formula is C13H14ClFN2O. The van der Waals surface area contributed by atoms with Crippen LogP contribution in [0.3, 0.4) is 0 Å². The molecule has 1 N–H and O–H groups in total. The first-order valence-electron chi connectivity index (χ1n) is 5.75. The van der Waals surface area contributed by atoms with Gasteiger partial charge in [0, 0.05) is 35.9 Å². The van der Waals surface area contributed by atoms with Gasteiger partial charge in [0.25, 0.3) is 0 Å². The Hall–Kier alpha value is -1.39. The minimum absolute atomic E-state index is 0.114. The lowest BCUT2D eigenvalue weighted by Gasteiger charge is -2.13. The van der Waals surface area contributed by atoms with Crippen LogP contribution in [0.5, 0.6) is 0 Å². The van der Waals surface area contributed by atoms with Gasteiger partial charge in [-0.1, -0.05) is 17.7 Å². The molecule has 1 aromatic carbocycles. The second kappa shape index (κ2) is 5.50. The van der Waals surface area contributed by atoms with E-state index in [1.807, 2.05) is 11.5 Å². The molecule has 0 bridgehead atoms. The fourth-order valence-corrected chi connectivity index (χ4v) is 2.14. The van der Waals surface area contributed by atoms with Crippen LogP contribution in [0.1, 0.15) is 24.4 Å². The molecule has 0 aliphatic heterocycles. The fourth-order valence-electron chi connectivity index (χ4n) is 1.90. The topological polar surface area (TPSA) is 38.0 Å². The maximum Gasteiger partial charge on any atom is 0.137 e. The summed E-state index contributed by atoms with van der Waals surface area (Å²) < 4.78 is 15.4. The van der Waals surface area contributed by atoms with Crippen LogP contribution in [-0.2, 0) is 13.0 Å². The van der Waals surface area contributed by atoms with Gasteiger partial charge in [0.15, 0.2) is 0 Å². The molecule has 1 atom stereocenters. The van der Waals surface area contributed by atoms with E-state index in [1.54, 1.807) is 24.5 Å². The predicted octanol–water partition coefficient (Wildman–Crippen LogP) is 2.97. The Labute approximate surface area is 110 Å². The van der Waals surface area contributed by atoms with Crippen molar-refractivity contribution in [2.45, 2.75) is 26.0 Å². The van der Waals surface area contributed by atoms with Gasteiger partial charge in [-0.05, 0) is 19.1 Å². The van der Waals surface area contributed by atoms with Crippen molar-refractivity contribution >= 4 is 11.6 Å². The third-order valence-corrected chi connectivity index (χ3v) is 3.20. The molecule has 1 aromatic heterocycles. The van der Waals surface area contributed by atoms with E-state index < -0.39 is 11.9 Å². The Balaban J connectivity index is 2.24. The van der Waals surface area contributed by atoms with Gasteiger partial charge >= 0.3 is 0 Å². The maximum absolute atomic E-state index is 13.6. The highest BCUT2D eigenvalue weighted by atomic mass is 35.5. The number of hydrogen-bond acceptors (Lipinski definition) is 2. The van der Waals surface area contributed by atoms with E-state index in [1.165, 1.54) is 6.07 Å². The van der Waals surface area contributed by atoms with Crippen molar-refractivity contribution in [3.8, 4) is 0 Å². The summed E-state index contributed by atoms with van der Waals surface area (Å²) in [6.07, 6.45) is 2.64. The molecule has 5 heteroatoms. The van der Waals surface area contributed by atoms with Crippen LogP contribution in [0.4, 0.5) is 4.39 Å². The van der Waals surface area contributed by atoms with E-state index in [0.717, 1.165) is 0 Å². The molecule has 0 aliphatic carbocycles. The summed E-state index contributed by atoms with van der Waals surface area (Å²) in [5, 5.41) is 10.4. The zero-order valence-corrected chi connectivity index (χ0v) is 10.7. The van der Waals surface area contributed by atoms with Gasteiger partial charge in [-0.15, -0.1) is 0 Å². The SMILES string of the molecule is CCn1ccnc1C(O)Cc1c(F)cccc1Cl. The highest BCUT2D eigenvalue weighted by Crippen LogP contribution is 2.25. The molecule has 0 saturated carbocycles. The Morgan fingerprint density at radius 1 is 1.50 bits per heavy atom. The Bertz CT molecular complexity index is 521. The molecule has 96 valence electrons. The van der Waals surface area contributed by atoms with Gasteiger partial charge < -0.3 is 9.67 Å². The fraction of sp³-hybridized carbons (Fsp3) is 0.308. The molecule has 0 fully saturated rings. The number of nitrogens with zero attached hydrogens (tertiary/aromatic N) is 2. The summed E-state index contributed by atoms with van der Waals surface area (Å²) in [5.41, 5.74) is 0.317. The Morgan fingerprint density at radius 3 is 2.94 bits per heavy atom. The molecule has 18 heavy (non-hydrogen) atoms. The van der Waals surface area contributed by atoms with Crippen LogP contribution < -0.4 is 0 Å². The van der Waals surface area contributed by atoms with E-state index in [0.29, 0.717) is 23.0 Å². The van der Waals surface area contributed by atoms with Crippen molar-refractivity contribution < 1.29 is 9.50 Å². The molecule has 1 heterocycles. The van der Waals surface area contributed by atoms with E-state index in [2.05, 4.69) is 4.98 Å². The number of aliphatic hydroxyl groups is 1. The summed E-state index contributed by atoms with van der Waals surface area (Å²) in [5.74, 6) is 0.118. The zero-order chi connectivity index (χ0) is 13.1. The number of rotatable bonds is 4. The van der Waals surface area contributed by atoms with Gasteiger partial charge in [0.1, 0.15) is 17.7 Å². The summed E-state index contributed by atoms with van der Waals surface area (Å²) in [6.45, 7) is 2.66. The van der Waals surface area contributed by atoms with Gasteiger partial charge in [-0.2, -0.15) is 0 Å². The highest BCUT2D eigenvalue weighted by molar-refractivity contribution is 6.31. The Morgan fingerprint density at radius 2 is 2.28 bits per heavy atom. The lowest BCUT2D eigenvalue weighted by atomic mass is 10.1. The molecule has 2 aromatic rings. The summed E-state index contributed by atoms with van der Waals surface area (Å²) in [4.78, 5) is 4.09. The van der Waals surface area contributed by atoms with Gasteiger partial charge in [0.05, 0.1) is 0 Å². The first-order chi connectivity index (χ1) is 8.63. The number of aromatic nitrogens is 2. The van der Waals surface area contributed by atoms with E-state index in [9.17, 15) is 9.50 Å². The zero-order valence-electron chi connectivity index (χ0n) is 9.98. The van der Waals surface area contributed by atoms with Gasteiger partial charge in [-0.25, -0.2) is 9.37 Å². The van der Waals surface area contributed by atoms with Crippen LogP contribution in [0, 0.1) is 5.82 Å². The van der Waals surface area contributed by atoms with E-state index in [4.69, 9.17) is 11.6 Å². The van der Waals surface area contributed by atoms with Crippen LogP contribution in [0.2, 0.25) is 5.02 Å². The lowest BCUT2D eigenvalue weighted by molar-refractivity contribution is 0.162. The molecule has 0 radical (unpaired) electrons. The van der Waals surface area contributed by atoms with Crippen LogP contribution in [-0.4, -0.2) is 14.7 Å². The average Bonchev–Trinajstić information content (AvgIpc) is 2.82. The monoisotopic (exact) mass is 268 g/mol. The molecule has 0 amide bonds. The first kappa shape index (κ1) is 13.1. The second-order valence-electron chi connectivity index (χ2n) is 3.99. The van der Waals surface area contributed by atoms with Gasteiger partial charge in [-0.3, -0.25) is 0 Å². The quantitative estimate of drug-likeness (QED) is 0.926. The Kier molecular flexibility index (Phi) is 3.99.